The van der Waals surface area contributed by atoms with Crippen LogP contribution in [0.5, 0.6) is 5.75 Å². The quantitative estimate of drug-likeness (QED) is 0.577. The summed E-state index contributed by atoms with van der Waals surface area (Å²) in [7, 11) is -2.40. The molecule has 0 saturated carbocycles. The van der Waals surface area contributed by atoms with Gasteiger partial charge in [-0.15, -0.1) is 0 Å². The van der Waals surface area contributed by atoms with Crippen LogP contribution in [0.25, 0.3) is 0 Å². The number of nitrogens with zero attached hydrogens (tertiary/aromatic N) is 1. The van der Waals surface area contributed by atoms with Crippen molar-refractivity contribution in [2.45, 2.75) is 11.4 Å². The van der Waals surface area contributed by atoms with Crippen LogP contribution in [0.15, 0.2) is 58.2 Å². The molecule has 0 aliphatic heterocycles. The fourth-order valence-corrected chi connectivity index (χ4v) is 3.22. The number of nitrogens with one attached hydrogen (secondary N) is 3. The molecule has 136 valence electrons. The molecule has 0 fully saturated rings. The molecular weight excluding hydrogens is 360 g/mol. The van der Waals surface area contributed by atoms with Crippen LogP contribution in [-0.2, 0) is 16.6 Å². The highest BCUT2D eigenvalue weighted by Gasteiger charge is 2.20. The van der Waals surface area contributed by atoms with E-state index in [0.717, 1.165) is 0 Å². The molecule has 3 N–H and O–H groups in total. The summed E-state index contributed by atoms with van der Waals surface area (Å²) < 4.78 is 37.4. The Kier molecular flexibility index (Phi) is 4.94. The first-order chi connectivity index (χ1) is 12.5. The summed E-state index contributed by atoms with van der Waals surface area (Å²) in [5.74, 6) is 0.579. The molecule has 0 spiro atoms. The zero-order valence-corrected chi connectivity index (χ0v) is 14.5. The van der Waals surface area contributed by atoms with Gasteiger partial charge in [0.25, 0.3) is 15.9 Å². The first kappa shape index (κ1) is 17.5. The number of hydrogen-bond donors (Lipinski definition) is 3. The molecule has 0 aliphatic carbocycles. The third kappa shape index (κ3) is 3.86. The first-order valence-electron chi connectivity index (χ1n) is 7.50. The summed E-state index contributed by atoms with van der Waals surface area (Å²) in [5.41, 5.74) is 0.0337. The minimum atomic E-state index is -3.89. The van der Waals surface area contributed by atoms with Crippen LogP contribution >= 0.6 is 0 Å². The summed E-state index contributed by atoms with van der Waals surface area (Å²) in [6.07, 6.45) is 2.72. The van der Waals surface area contributed by atoms with Crippen molar-refractivity contribution in [1.82, 2.24) is 15.5 Å². The van der Waals surface area contributed by atoms with E-state index in [4.69, 9.17) is 9.15 Å². The number of ether oxygens (including phenoxy) is 1. The van der Waals surface area contributed by atoms with E-state index in [1.807, 2.05) is 0 Å². The Balaban J connectivity index is 1.73. The van der Waals surface area contributed by atoms with Gasteiger partial charge in [0.05, 0.1) is 36.7 Å². The zero-order valence-electron chi connectivity index (χ0n) is 13.7. The SMILES string of the molecule is COc1ccc(S(=O)(=O)Nc2cn[nH]c2C(=O)NCc2ccco2)cc1. The van der Waals surface area contributed by atoms with Crippen LogP contribution < -0.4 is 14.8 Å². The van der Waals surface area contributed by atoms with Crippen molar-refractivity contribution < 1.29 is 22.4 Å². The van der Waals surface area contributed by atoms with Crippen molar-refractivity contribution in [3.63, 3.8) is 0 Å². The largest absolute Gasteiger partial charge is 0.497 e. The zero-order chi connectivity index (χ0) is 18.6. The maximum absolute atomic E-state index is 12.5. The highest BCUT2D eigenvalue weighted by molar-refractivity contribution is 7.92. The van der Waals surface area contributed by atoms with Crippen molar-refractivity contribution in [2.75, 3.05) is 11.8 Å². The molecule has 3 rings (SSSR count). The number of aromatic amines is 1. The third-order valence-corrected chi connectivity index (χ3v) is 4.87. The summed E-state index contributed by atoms with van der Waals surface area (Å²) in [6, 6.07) is 9.27. The number of hydrogen-bond acceptors (Lipinski definition) is 6. The normalized spacial score (nSPS) is 11.1. The summed E-state index contributed by atoms with van der Waals surface area (Å²) in [5, 5.41) is 8.84. The second-order valence-corrected chi connectivity index (χ2v) is 6.88. The van der Waals surface area contributed by atoms with Crippen molar-refractivity contribution >= 4 is 21.6 Å². The second kappa shape index (κ2) is 7.31. The van der Waals surface area contributed by atoms with Gasteiger partial charge in [0, 0.05) is 0 Å². The summed E-state index contributed by atoms with van der Waals surface area (Å²) in [6.45, 7) is 0.162. The monoisotopic (exact) mass is 376 g/mol. The lowest BCUT2D eigenvalue weighted by Crippen LogP contribution is -2.24. The molecular formula is C16H16N4O5S. The third-order valence-electron chi connectivity index (χ3n) is 3.48. The Labute approximate surface area is 149 Å². The molecule has 10 heteroatoms. The summed E-state index contributed by atoms with van der Waals surface area (Å²) in [4.78, 5) is 12.3. The molecule has 0 unspecified atom stereocenters. The number of aromatic nitrogens is 2. The van der Waals surface area contributed by atoms with Gasteiger partial charge >= 0.3 is 0 Å². The van der Waals surface area contributed by atoms with Crippen molar-refractivity contribution in [3.8, 4) is 5.75 Å². The number of methoxy groups -OCH3 is 1. The fraction of sp³-hybridized carbons (Fsp3) is 0.125. The summed E-state index contributed by atoms with van der Waals surface area (Å²) >= 11 is 0. The molecule has 0 bridgehead atoms. The molecule has 1 amide bonds. The van der Waals surface area contributed by atoms with Gasteiger partial charge in [-0.1, -0.05) is 0 Å². The number of H-pyrrole nitrogens is 1. The maximum Gasteiger partial charge on any atom is 0.271 e. The van der Waals surface area contributed by atoms with Gasteiger partial charge in [-0.2, -0.15) is 5.10 Å². The molecule has 9 nitrogen and oxygen atoms in total. The van der Waals surface area contributed by atoms with Gasteiger partial charge in [-0.3, -0.25) is 14.6 Å². The number of rotatable bonds is 7. The first-order valence-corrected chi connectivity index (χ1v) is 8.99. The Morgan fingerprint density at radius 1 is 1.27 bits per heavy atom. The molecule has 26 heavy (non-hydrogen) atoms. The van der Waals surface area contributed by atoms with Gasteiger partial charge in [0.15, 0.2) is 0 Å². The van der Waals surface area contributed by atoms with Crippen molar-refractivity contribution in [2.24, 2.45) is 0 Å². The molecule has 3 aromatic rings. The molecule has 2 aromatic heterocycles. The maximum atomic E-state index is 12.5. The average Bonchev–Trinajstić information content (AvgIpc) is 3.31. The van der Waals surface area contributed by atoms with E-state index in [2.05, 4.69) is 20.2 Å². The lowest BCUT2D eigenvalue weighted by molar-refractivity contribution is 0.0944. The second-order valence-electron chi connectivity index (χ2n) is 5.20. The van der Waals surface area contributed by atoms with Gasteiger partial charge in [0.1, 0.15) is 17.2 Å². The Morgan fingerprint density at radius 3 is 2.69 bits per heavy atom. The number of amides is 1. The van der Waals surface area contributed by atoms with E-state index in [0.29, 0.717) is 11.5 Å². The number of sulfonamides is 1. The van der Waals surface area contributed by atoms with Crippen LogP contribution in [0.1, 0.15) is 16.2 Å². The van der Waals surface area contributed by atoms with Gasteiger partial charge in [-0.05, 0) is 36.4 Å². The van der Waals surface area contributed by atoms with Crippen LogP contribution in [0.4, 0.5) is 5.69 Å². The predicted molar refractivity (Wildman–Crippen MR) is 92.3 cm³/mol. The Hall–Kier alpha value is -3.27. The lowest BCUT2D eigenvalue weighted by atomic mass is 10.3. The molecule has 2 heterocycles. The molecule has 0 radical (unpaired) electrons. The van der Waals surface area contributed by atoms with E-state index in [9.17, 15) is 13.2 Å². The van der Waals surface area contributed by atoms with E-state index < -0.39 is 15.9 Å². The van der Waals surface area contributed by atoms with Crippen molar-refractivity contribution in [3.05, 3.63) is 60.3 Å². The number of furan rings is 1. The number of carbonyl (C=O) groups excluding carboxylic acids is 1. The van der Waals surface area contributed by atoms with E-state index >= 15 is 0 Å². The number of benzene rings is 1. The average molecular weight is 376 g/mol. The molecule has 0 saturated heterocycles. The van der Waals surface area contributed by atoms with Crippen molar-refractivity contribution in [1.29, 1.82) is 0 Å². The van der Waals surface area contributed by atoms with Crippen LogP contribution in [-0.4, -0.2) is 31.6 Å². The molecule has 0 atom stereocenters. The predicted octanol–water partition coefficient (Wildman–Crippen LogP) is 1.74. The topological polar surface area (TPSA) is 126 Å². The van der Waals surface area contributed by atoms with E-state index in [-0.39, 0.29) is 22.8 Å². The smallest absolute Gasteiger partial charge is 0.271 e. The highest BCUT2D eigenvalue weighted by Crippen LogP contribution is 2.20. The molecule has 1 aromatic carbocycles. The fourth-order valence-electron chi connectivity index (χ4n) is 2.16. The molecule has 0 aliphatic rings. The Bertz CT molecular complexity index is 978. The van der Waals surface area contributed by atoms with Gasteiger partial charge in [0.2, 0.25) is 0 Å². The lowest BCUT2D eigenvalue weighted by Gasteiger charge is -2.09. The minimum absolute atomic E-state index is 0.00589. The number of carbonyl (C=O) groups is 1. The minimum Gasteiger partial charge on any atom is -0.497 e. The van der Waals surface area contributed by atoms with Gasteiger partial charge < -0.3 is 14.5 Å². The van der Waals surface area contributed by atoms with E-state index in [1.165, 1.54) is 43.8 Å². The van der Waals surface area contributed by atoms with Crippen LogP contribution in [0.2, 0.25) is 0 Å². The Morgan fingerprint density at radius 2 is 2.04 bits per heavy atom. The number of anilines is 1. The van der Waals surface area contributed by atoms with E-state index in [1.54, 1.807) is 12.1 Å². The highest BCUT2D eigenvalue weighted by atomic mass is 32.2. The van der Waals surface area contributed by atoms with Crippen LogP contribution in [0.3, 0.4) is 0 Å². The van der Waals surface area contributed by atoms with Crippen LogP contribution in [0, 0.1) is 0 Å². The standard InChI is InChI=1S/C16H16N4O5S/c1-24-11-4-6-13(7-5-11)26(22,23)20-14-10-18-19-15(14)16(21)17-9-12-3-2-8-25-12/h2-8,10,20H,9H2,1H3,(H,17,21)(H,18,19). The van der Waals surface area contributed by atoms with Gasteiger partial charge in [-0.25, -0.2) is 8.42 Å².